The number of alkyl halides is 3. The van der Waals surface area contributed by atoms with Gasteiger partial charge in [-0.05, 0) is 43.4 Å². The Balaban J connectivity index is 2.17. The molecule has 2 atom stereocenters. The van der Waals surface area contributed by atoms with E-state index in [4.69, 9.17) is 10.4 Å². The first-order valence-corrected chi connectivity index (χ1v) is 6.94. The van der Waals surface area contributed by atoms with Gasteiger partial charge in [-0.25, -0.2) is 0 Å². The van der Waals surface area contributed by atoms with Crippen LogP contribution in [0.1, 0.15) is 36.8 Å². The van der Waals surface area contributed by atoms with E-state index in [9.17, 15) is 13.2 Å². The van der Waals surface area contributed by atoms with Crippen LogP contribution in [-0.4, -0.2) is 17.8 Å². The zero-order valence-electron chi connectivity index (χ0n) is 11.5. The minimum atomic E-state index is -4.52. The number of aliphatic hydroxyl groups excluding tert-OH is 1. The maximum atomic E-state index is 12.7. The Labute approximate surface area is 121 Å². The van der Waals surface area contributed by atoms with Crippen molar-refractivity contribution < 1.29 is 18.3 Å². The fraction of sp³-hybridized carbons (Fsp3) is 0.533. The zero-order chi connectivity index (χ0) is 15.5. The lowest BCUT2D eigenvalue weighted by Crippen LogP contribution is -2.24. The number of nitrogens with one attached hydrogen (secondary N) is 1. The van der Waals surface area contributed by atoms with Gasteiger partial charge in [-0.15, -0.1) is 0 Å². The summed E-state index contributed by atoms with van der Waals surface area (Å²) >= 11 is 0. The molecule has 0 amide bonds. The summed E-state index contributed by atoms with van der Waals surface area (Å²) in [6.45, 7) is 0.110. The molecule has 1 aromatic rings. The van der Waals surface area contributed by atoms with E-state index in [2.05, 4.69) is 5.32 Å². The van der Waals surface area contributed by atoms with Crippen molar-refractivity contribution >= 4 is 5.69 Å². The molecule has 6 heteroatoms. The summed E-state index contributed by atoms with van der Waals surface area (Å²) in [6, 6.07) is 5.29. The van der Waals surface area contributed by atoms with Gasteiger partial charge in [0.1, 0.15) is 0 Å². The molecular weight excluding hydrogens is 281 g/mol. The second kappa shape index (κ2) is 6.35. The van der Waals surface area contributed by atoms with E-state index in [1.807, 2.05) is 0 Å². The lowest BCUT2D eigenvalue weighted by molar-refractivity contribution is -0.137. The molecule has 2 N–H and O–H groups in total. The summed E-state index contributed by atoms with van der Waals surface area (Å²) in [5, 5.41) is 21.1. The topological polar surface area (TPSA) is 56.0 Å². The number of hydrogen-bond acceptors (Lipinski definition) is 3. The lowest BCUT2D eigenvalue weighted by atomic mass is 9.99. The first kappa shape index (κ1) is 15.6. The standard InChI is InChI=1S/C15H17F3N2O/c16-15(17,18)13-5-4-12(8-11(13)9-19)20-14-3-1-2-10(14)6-7-21/h4-5,8,10,14,20-21H,1-3,6-7H2. The molecule has 2 rings (SSSR count). The zero-order valence-corrected chi connectivity index (χ0v) is 11.5. The molecule has 0 heterocycles. The molecule has 0 aliphatic heterocycles. The van der Waals surface area contributed by atoms with Crippen molar-refractivity contribution in [3.05, 3.63) is 29.3 Å². The van der Waals surface area contributed by atoms with Crippen LogP contribution in [-0.2, 0) is 6.18 Å². The summed E-state index contributed by atoms with van der Waals surface area (Å²) in [4.78, 5) is 0. The van der Waals surface area contributed by atoms with Gasteiger partial charge in [0.2, 0.25) is 0 Å². The average molecular weight is 298 g/mol. The van der Waals surface area contributed by atoms with Crippen molar-refractivity contribution in [3.63, 3.8) is 0 Å². The molecule has 0 aromatic heterocycles. The first-order chi connectivity index (χ1) is 9.95. The van der Waals surface area contributed by atoms with Crippen LogP contribution >= 0.6 is 0 Å². The third-order valence-corrected chi connectivity index (χ3v) is 3.96. The molecule has 1 aliphatic rings. The number of aliphatic hydroxyl groups is 1. The Hall–Kier alpha value is -1.74. The van der Waals surface area contributed by atoms with Crippen LogP contribution in [0.2, 0.25) is 0 Å². The Kier molecular flexibility index (Phi) is 4.73. The van der Waals surface area contributed by atoms with Gasteiger partial charge < -0.3 is 10.4 Å². The minimum absolute atomic E-state index is 0.110. The highest BCUT2D eigenvalue weighted by atomic mass is 19.4. The van der Waals surface area contributed by atoms with Gasteiger partial charge in [0, 0.05) is 18.3 Å². The largest absolute Gasteiger partial charge is 0.417 e. The highest BCUT2D eigenvalue weighted by Gasteiger charge is 2.34. The van der Waals surface area contributed by atoms with Crippen LogP contribution in [0.3, 0.4) is 0 Å². The molecule has 2 unspecified atom stereocenters. The van der Waals surface area contributed by atoms with Gasteiger partial charge in [-0.1, -0.05) is 6.42 Å². The van der Waals surface area contributed by atoms with Gasteiger partial charge >= 0.3 is 6.18 Å². The van der Waals surface area contributed by atoms with Crippen molar-refractivity contribution in [3.8, 4) is 6.07 Å². The summed E-state index contributed by atoms with van der Waals surface area (Å²) < 4.78 is 38.2. The normalized spacial score (nSPS) is 22.0. The molecule has 0 spiro atoms. The number of benzene rings is 1. The number of halogens is 3. The van der Waals surface area contributed by atoms with E-state index in [1.165, 1.54) is 12.1 Å². The van der Waals surface area contributed by atoms with Crippen LogP contribution in [0.25, 0.3) is 0 Å². The van der Waals surface area contributed by atoms with Crippen molar-refractivity contribution in [1.82, 2.24) is 0 Å². The van der Waals surface area contributed by atoms with E-state index in [0.717, 1.165) is 25.3 Å². The van der Waals surface area contributed by atoms with Gasteiger partial charge in [-0.3, -0.25) is 0 Å². The van der Waals surface area contributed by atoms with Gasteiger partial charge in [0.15, 0.2) is 0 Å². The predicted octanol–water partition coefficient (Wildman–Crippen LogP) is 3.54. The SMILES string of the molecule is N#Cc1cc(NC2CCCC2CCO)ccc1C(F)(F)F. The van der Waals surface area contributed by atoms with Crippen LogP contribution in [0.15, 0.2) is 18.2 Å². The number of anilines is 1. The third-order valence-electron chi connectivity index (χ3n) is 3.96. The van der Waals surface area contributed by atoms with Crippen molar-refractivity contribution in [2.75, 3.05) is 11.9 Å². The smallest absolute Gasteiger partial charge is 0.396 e. The van der Waals surface area contributed by atoms with Crippen LogP contribution < -0.4 is 5.32 Å². The molecule has 1 saturated carbocycles. The van der Waals surface area contributed by atoms with Gasteiger partial charge in [0.05, 0.1) is 17.2 Å². The highest BCUT2D eigenvalue weighted by Crippen LogP contribution is 2.35. The Morgan fingerprint density at radius 1 is 1.33 bits per heavy atom. The fourth-order valence-electron chi connectivity index (χ4n) is 2.93. The second-order valence-electron chi connectivity index (χ2n) is 5.32. The van der Waals surface area contributed by atoms with Crippen molar-refractivity contribution in [1.29, 1.82) is 5.26 Å². The predicted molar refractivity (Wildman–Crippen MR) is 72.6 cm³/mol. The summed E-state index contributed by atoms with van der Waals surface area (Å²) in [5.41, 5.74) is -0.757. The number of hydrogen-bond donors (Lipinski definition) is 2. The third kappa shape index (κ3) is 3.67. The molecule has 1 aromatic carbocycles. The molecule has 0 bridgehead atoms. The van der Waals surface area contributed by atoms with E-state index in [0.29, 0.717) is 18.0 Å². The highest BCUT2D eigenvalue weighted by molar-refractivity contribution is 5.54. The molecule has 1 aliphatic carbocycles. The second-order valence-corrected chi connectivity index (χ2v) is 5.32. The number of nitrogens with zero attached hydrogens (tertiary/aromatic N) is 1. The Bertz CT molecular complexity index is 537. The maximum Gasteiger partial charge on any atom is 0.417 e. The van der Waals surface area contributed by atoms with Crippen LogP contribution in [0, 0.1) is 17.2 Å². The van der Waals surface area contributed by atoms with Gasteiger partial charge in [-0.2, -0.15) is 18.4 Å². The first-order valence-electron chi connectivity index (χ1n) is 6.94. The lowest BCUT2D eigenvalue weighted by Gasteiger charge is -2.22. The molecule has 3 nitrogen and oxygen atoms in total. The Morgan fingerprint density at radius 3 is 2.71 bits per heavy atom. The summed E-state index contributed by atoms with van der Waals surface area (Å²) in [5.74, 6) is 0.322. The maximum absolute atomic E-state index is 12.7. The van der Waals surface area contributed by atoms with Crippen molar-refractivity contribution in [2.24, 2.45) is 5.92 Å². The summed E-state index contributed by atoms with van der Waals surface area (Å²) in [6.07, 6.45) is -0.870. The fourth-order valence-corrected chi connectivity index (χ4v) is 2.93. The molecule has 0 saturated heterocycles. The monoisotopic (exact) mass is 298 g/mol. The Morgan fingerprint density at radius 2 is 2.10 bits per heavy atom. The summed E-state index contributed by atoms with van der Waals surface area (Å²) in [7, 11) is 0. The van der Waals surface area contributed by atoms with E-state index in [1.54, 1.807) is 6.07 Å². The molecule has 0 radical (unpaired) electrons. The quantitative estimate of drug-likeness (QED) is 0.894. The molecule has 1 fully saturated rings. The minimum Gasteiger partial charge on any atom is -0.396 e. The van der Waals surface area contributed by atoms with Crippen molar-refractivity contribution in [2.45, 2.75) is 37.9 Å². The molecule has 114 valence electrons. The number of nitriles is 1. The molecule has 21 heavy (non-hydrogen) atoms. The van der Waals surface area contributed by atoms with E-state index < -0.39 is 11.7 Å². The number of rotatable bonds is 4. The van der Waals surface area contributed by atoms with E-state index in [-0.39, 0.29) is 18.2 Å². The van der Waals surface area contributed by atoms with Gasteiger partial charge in [0.25, 0.3) is 0 Å². The average Bonchev–Trinajstić information content (AvgIpc) is 2.85. The van der Waals surface area contributed by atoms with Crippen LogP contribution in [0.4, 0.5) is 18.9 Å². The van der Waals surface area contributed by atoms with Crippen LogP contribution in [0.5, 0.6) is 0 Å². The van der Waals surface area contributed by atoms with E-state index >= 15 is 0 Å². The molecular formula is C15H17F3N2O.